The lowest BCUT2D eigenvalue weighted by atomic mass is 9.55. The fourth-order valence-corrected chi connectivity index (χ4v) is 7.03. The number of likely N-dealkylation sites (tertiary alicyclic amines) is 1. The van der Waals surface area contributed by atoms with Gasteiger partial charge in [0.1, 0.15) is 6.04 Å². The minimum absolute atomic E-state index is 0.260. The number of esters is 1. The van der Waals surface area contributed by atoms with Crippen molar-refractivity contribution < 1.29 is 23.9 Å². The number of hydrogen-bond acceptors (Lipinski definition) is 5. The Bertz CT molecular complexity index is 1460. The van der Waals surface area contributed by atoms with Gasteiger partial charge in [-0.05, 0) is 69.7 Å². The van der Waals surface area contributed by atoms with Crippen molar-refractivity contribution in [2.45, 2.75) is 31.7 Å². The molecule has 0 aromatic heterocycles. The van der Waals surface area contributed by atoms with Crippen molar-refractivity contribution in [2.75, 3.05) is 11.9 Å². The lowest BCUT2D eigenvalue weighted by molar-refractivity contribution is -0.159. The first-order valence-corrected chi connectivity index (χ1v) is 13.8. The van der Waals surface area contributed by atoms with Crippen LogP contribution < -0.4 is 5.32 Å². The van der Waals surface area contributed by atoms with Gasteiger partial charge in [-0.1, -0.05) is 60.1 Å². The first-order valence-electron chi connectivity index (χ1n) is 12.7. The number of rotatable bonds is 5. The lowest BCUT2D eigenvalue weighted by Gasteiger charge is -2.45. The van der Waals surface area contributed by atoms with Crippen LogP contribution in [0.2, 0.25) is 5.02 Å². The molecule has 0 saturated carbocycles. The van der Waals surface area contributed by atoms with Crippen molar-refractivity contribution >= 4 is 56.9 Å². The van der Waals surface area contributed by atoms with Gasteiger partial charge < -0.3 is 10.1 Å². The Kier molecular flexibility index (Phi) is 6.35. The summed E-state index contributed by atoms with van der Waals surface area (Å²) >= 11 is 9.45. The first kappa shape index (κ1) is 25.8. The lowest BCUT2D eigenvalue weighted by Crippen LogP contribution is -2.45. The predicted octanol–water partition coefficient (Wildman–Crippen LogP) is 5.17. The summed E-state index contributed by atoms with van der Waals surface area (Å²) in [6.07, 6.45) is 0. The van der Waals surface area contributed by atoms with Crippen molar-refractivity contribution in [3.05, 3.63) is 98.0 Å². The molecule has 3 aromatic rings. The highest BCUT2D eigenvalue weighted by molar-refractivity contribution is 9.10. The molecule has 2 bridgehead atoms. The van der Waals surface area contributed by atoms with Gasteiger partial charge in [-0.3, -0.25) is 19.3 Å². The minimum Gasteiger partial charge on any atom is -0.454 e. The molecule has 1 saturated heterocycles. The second-order valence-electron chi connectivity index (χ2n) is 10.2. The van der Waals surface area contributed by atoms with E-state index in [4.69, 9.17) is 16.3 Å². The second-order valence-corrected chi connectivity index (χ2v) is 11.5. The molecule has 0 spiro atoms. The normalized spacial score (nSPS) is 23.1. The standard InChI is InChI=1S/C30H24BrClN2O5/c1-14-11-20(31)21(32)12-22(14)33-23(35)13-39-30(38)15(2)34-28(36)26-24-16-7-3-4-8-17(16)25(27(26)29(34)37)19-10-6-5-9-18(19)24/h3-12,15,24-27H,13H2,1-2H3,(H,33,35)/t15-,24?,25?,26-,27-/m0/s1. The van der Waals surface area contributed by atoms with E-state index in [2.05, 4.69) is 21.2 Å². The summed E-state index contributed by atoms with van der Waals surface area (Å²) in [5, 5.41) is 3.09. The number of aryl methyl sites for hydroxylation is 1. The molecular weight excluding hydrogens is 584 g/mol. The van der Waals surface area contributed by atoms with Crippen LogP contribution in [-0.2, 0) is 23.9 Å². The number of ether oxygens (including phenoxy) is 1. The number of carbonyl (C=O) groups is 4. The van der Waals surface area contributed by atoms with Crippen LogP contribution in [0.25, 0.3) is 0 Å². The molecule has 3 aromatic carbocycles. The molecule has 198 valence electrons. The molecule has 3 aliphatic carbocycles. The van der Waals surface area contributed by atoms with Crippen LogP contribution in [0.5, 0.6) is 0 Å². The van der Waals surface area contributed by atoms with Gasteiger partial charge >= 0.3 is 5.97 Å². The van der Waals surface area contributed by atoms with Crippen LogP contribution in [0.4, 0.5) is 5.69 Å². The van der Waals surface area contributed by atoms with Gasteiger partial charge in [0.15, 0.2) is 6.61 Å². The zero-order chi connectivity index (χ0) is 27.6. The van der Waals surface area contributed by atoms with E-state index in [1.807, 2.05) is 48.5 Å². The molecule has 1 heterocycles. The summed E-state index contributed by atoms with van der Waals surface area (Å²) in [5.74, 6) is -3.83. The average molecular weight is 608 g/mol. The van der Waals surface area contributed by atoms with E-state index in [0.717, 1.165) is 32.7 Å². The number of benzene rings is 3. The van der Waals surface area contributed by atoms with Crippen LogP contribution in [-0.4, -0.2) is 41.2 Å². The van der Waals surface area contributed by atoms with Crippen LogP contribution in [0.1, 0.15) is 46.6 Å². The molecule has 0 radical (unpaired) electrons. The van der Waals surface area contributed by atoms with Gasteiger partial charge in [0.2, 0.25) is 11.8 Å². The number of halogens is 2. The first-order chi connectivity index (χ1) is 18.7. The minimum atomic E-state index is -1.17. The number of imide groups is 1. The number of anilines is 1. The monoisotopic (exact) mass is 606 g/mol. The Labute approximate surface area is 238 Å². The highest BCUT2D eigenvalue weighted by Crippen LogP contribution is 2.61. The van der Waals surface area contributed by atoms with Crippen molar-refractivity contribution in [3.63, 3.8) is 0 Å². The fourth-order valence-electron chi connectivity index (χ4n) is 6.41. The molecule has 39 heavy (non-hydrogen) atoms. The number of nitrogens with one attached hydrogen (secondary N) is 1. The third-order valence-electron chi connectivity index (χ3n) is 8.10. The summed E-state index contributed by atoms with van der Waals surface area (Å²) in [4.78, 5) is 54.1. The molecule has 4 aliphatic rings. The molecule has 1 N–H and O–H groups in total. The predicted molar refractivity (Wildman–Crippen MR) is 148 cm³/mol. The summed E-state index contributed by atoms with van der Waals surface area (Å²) < 4.78 is 5.94. The highest BCUT2D eigenvalue weighted by Gasteiger charge is 2.62. The molecule has 1 aliphatic heterocycles. The molecule has 3 atom stereocenters. The SMILES string of the molecule is Cc1cc(Br)c(Cl)cc1NC(=O)COC(=O)[C@H](C)N1C(=O)[C@H]2C3c4ccccc4C(c4ccccc43)[C@@H]2C1=O. The molecule has 7 nitrogen and oxygen atoms in total. The van der Waals surface area contributed by atoms with E-state index >= 15 is 0 Å². The van der Waals surface area contributed by atoms with E-state index in [1.54, 1.807) is 19.1 Å². The third-order valence-corrected chi connectivity index (χ3v) is 9.29. The molecule has 1 fully saturated rings. The Morgan fingerprint density at radius 2 is 1.44 bits per heavy atom. The molecule has 7 rings (SSSR count). The zero-order valence-corrected chi connectivity index (χ0v) is 23.5. The average Bonchev–Trinajstić information content (AvgIpc) is 3.20. The van der Waals surface area contributed by atoms with Crippen molar-refractivity contribution in [1.29, 1.82) is 0 Å². The van der Waals surface area contributed by atoms with Gasteiger partial charge in [-0.25, -0.2) is 4.79 Å². The fraction of sp³-hybridized carbons (Fsp3) is 0.267. The summed E-state index contributed by atoms with van der Waals surface area (Å²) in [6, 6.07) is 18.1. The Balaban J connectivity index is 1.20. The number of amides is 3. The molecule has 9 heteroatoms. The van der Waals surface area contributed by atoms with Gasteiger partial charge in [-0.15, -0.1) is 0 Å². The maximum atomic E-state index is 13.8. The summed E-state index contributed by atoms with van der Waals surface area (Å²) in [6.45, 7) is 2.70. The smallest absolute Gasteiger partial charge is 0.329 e. The largest absolute Gasteiger partial charge is 0.454 e. The van der Waals surface area contributed by atoms with Gasteiger partial charge in [0, 0.05) is 22.0 Å². The zero-order valence-electron chi connectivity index (χ0n) is 21.1. The molecule has 3 amide bonds. The van der Waals surface area contributed by atoms with Crippen molar-refractivity contribution in [2.24, 2.45) is 11.8 Å². The second kappa shape index (κ2) is 9.61. The number of carbonyl (C=O) groups excluding carboxylic acids is 4. The maximum Gasteiger partial charge on any atom is 0.329 e. The Hall–Kier alpha value is -3.49. The number of nitrogens with zero attached hydrogens (tertiary/aromatic N) is 1. The van der Waals surface area contributed by atoms with Crippen LogP contribution in [0.3, 0.4) is 0 Å². The Morgan fingerprint density at radius 3 is 1.92 bits per heavy atom. The summed E-state index contributed by atoms with van der Waals surface area (Å²) in [5.41, 5.74) is 5.48. The van der Waals surface area contributed by atoms with Gasteiger partial charge in [-0.2, -0.15) is 0 Å². The van der Waals surface area contributed by atoms with Crippen molar-refractivity contribution in [3.8, 4) is 0 Å². The van der Waals surface area contributed by atoms with E-state index in [0.29, 0.717) is 15.2 Å². The van der Waals surface area contributed by atoms with E-state index in [1.165, 1.54) is 6.92 Å². The van der Waals surface area contributed by atoms with E-state index < -0.39 is 36.4 Å². The topological polar surface area (TPSA) is 92.8 Å². The Morgan fingerprint density at radius 1 is 0.949 bits per heavy atom. The van der Waals surface area contributed by atoms with Crippen LogP contribution >= 0.6 is 27.5 Å². The molecular formula is C30H24BrClN2O5. The highest BCUT2D eigenvalue weighted by atomic mass is 79.9. The summed E-state index contributed by atoms with van der Waals surface area (Å²) in [7, 11) is 0. The van der Waals surface area contributed by atoms with Gasteiger partial charge in [0.05, 0.1) is 16.9 Å². The molecule has 0 unspecified atom stereocenters. The number of hydrogen-bond donors (Lipinski definition) is 1. The van der Waals surface area contributed by atoms with Crippen molar-refractivity contribution in [1.82, 2.24) is 4.90 Å². The van der Waals surface area contributed by atoms with Crippen LogP contribution in [0, 0.1) is 18.8 Å². The maximum absolute atomic E-state index is 13.8. The quantitative estimate of drug-likeness (QED) is 0.319. The third kappa shape index (κ3) is 4.00. The van der Waals surface area contributed by atoms with E-state index in [-0.39, 0.29) is 23.7 Å². The van der Waals surface area contributed by atoms with Crippen LogP contribution in [0.15, 0.2) is 65.1 Å². The van der Waals surface area contributed by atoms with E-state index in [9.17, 15) is 19.2 Å². The van der Waals surface area contributed by atoms with Gasteiger partial charge in [0.25, 0.3) is 5.91 Å².